The van der Waals surface area contributed by atoms with Crippen molar-refractivity contribution in [2.45, 2.75) is 13.1 Å². The highest BCUT2D eigenvalue weighted by Gasteiger charge is 2.00. The molecule has 1 aromatic rings. The van der Waals surface area contributed by atoms with E-state index in [1.165, 1.54) is 0 Å². The van der Waals surface area contributed by atoms with Gasteiger partial charge in [-0.1, -0.05) is 0 Å². The van der Waals surface area contributed by atoms with Crippen molar-refractivity contribution in [2.24, 2.45) is 0 Å². The Morgan fingerprint density at radius 2 is 1.93 bits per heavy atom. The van der Waals surface area contributed by atoms with Gasteiger partial charge in [-0.05, 0) is 0 Å². The van der Waals surface area contributed by atoms with E-state index >= 15 is 0 Å². The van der Waals surface area contributed by atoms with Crippen molar-refractivity contribution in [3.8, 4) is 0 Å². The number of nitrogens with zero attached hydrogens (tertiary/aromatic N) is 3. The monoisotopic (exact) mass is 219 g/mol. The van der Waals surface area contributed by atoms with Gasteiger partial charge in [0.05, 0.1) is 18.3 Å². The summed E-state index contributed by atoms with van der Waals surface area (Å²) in [4.78, 5) is 8.25. The van der Waals surface area contributed by atoms with Crippen LogP contribution in [0.25, 0.3) is 0 Å². The van der Waals surface area contributed by atoms with E-state index in [0.717, 1.165) is 0 Å². The van der Waals surface area contributed by atoms with Crippen LogP contribution in [0.4, 0.5) is 0 Å². The molecule has 0 fully saturated rings. The van der Waals surface area contributed by atoms with Gasteiger partial charge in [0.25, 0.3) is 0 Å². The fourth-order valence-corrected chi connectivity index (χ4v) is 0.934. The van der Waals surface area contributed by atoms with E-state index in [1.54, 1.807) is 0 Å². The van der Waals surface area contributed by atoms with Crippen molar-refractivity contribution in [3.05, 3.63) is 34.0 Å². The van der Waals surface area contributed by atoms with Gasteiger partial charge >= 0.3 is 0 Å². The molecular formula is C7H13N3O5. The molecule has 0 unspecified atom stereocenters. The molecule has 0 amide bonds. The number of aromatic nitrogens is 2. The maximum atomic E-state index is 8.58. The molecule has 0 bridgehead atoms. The average molecular weight is 219 g/mol. The fourth-order valence-electron chi connectivity index (χ4n) is 0.934. The first-order chi connectivity index (χ1) is 7.10. The minimum absolute atomic E-state index is 0.147. The third kappa shape index (κ3) is 7.40. The normalized spacial score (nSPS) is 9.20. The van der Waals surface area contributed by atoms with Gasteiger partial charge in [-0.2, -0.15) is 0 Å². The minimum Gasteiger partial charge on any atom is -0.392 e. The molecule has 1 aromatic heterocycles. The molecule has 1 heterocycles. The van der Waals surface area contributed by atoms with Crippen LogP contribution in [0.5, 0.6) is 0 Å². The van der Waals surface area contributed by atoms with Crippen LogP contribution in [0.2, 0.25) is 0 Å². The third-order valence-electron chi connectivity index (χ3n) is 1.46. The van der Waals surface area contributed by atoms with Crippen LogP contribution in [0.3, 0.4) is 0 Å². The Bertz CT molecular complexity index is 263. The summed E-state index contributed by atoms with van der Waals surface area (Å²) in [6, 6.07) is 0. The van der Waals surface area contributed by atoms with Crippen molar-refractivity contribution in [2.75, 3.05) is 13.2 Å². The lowest BCUT2D eigenvalue weighted by Crippen LogP contribution is -2.32. The van der Waals surface area contributed by atoms with Crippen LogP contribution in [-0.4, -0.2) is 33.1 Å². The largest absolute Gasteiger partial charge is 0.392 e. The van der Waals surface area contributed by atoms with Crippen LogP contribution in [0.15, 0.2) is 18.7 Å². The first-order valence-corrected chi connectivity index (χ1v) is 4.18. The van der Waals surface area contributed by atoms with Gasteiger partial charge in [-0.15, -0.1) is 0 Å². The first-order valence-electron chi connectivity index (χ1n) is 4.18. The number of imidazole rings is 1. The number of hydrogen-bond acceptors (Lipinski definition) is 5. The van der Waals surface area contributed by atoms with Crippen molar-refractivity contribution < 1.29 is 19.9 Å². The quantitative estimate of drug-likeness (QED) is 0.364. The maximum Gasteiger partial charge on any atom is 0.243 e. The Balaban J connectivity index is 0.000000423. The Kier molecular flexibility index (Phi) is 6.85. The molecule has 0 spiro atoms. The Hall–Kier alpha value is -1.67. The molecule has 86 valence electrons. The van der Waals surface area contributed by atoms with Crippen LogP contribution in [0, 0.1) is 15.3 Å². The molecule has 8 heteroatoms. The second-order valence-corrected chi connectivity index (χ2v) is 2.56. The van der Waals surface area contributed by atoms with Gasteiger partial charge in [0.15, 0.2) is 0 Å². The molecule has 0 atom stereocenters. The van der Waals surface area contributed by atoms with Crippen LogP contribution in [-0.2, 0) is 13.1 Å². The highest BCUT2D eigenvalue weighted by atomic mass is 16.9. The molecular weight excluding hydrogens is 206 g/mol. The van der Waals surface area contributed by atoms with E-state index in [0.29, 0.717) is 13.1 Å². The number of hydrogen-bond donors (Lipinski definition) is 2. The second-order valence-electron chi connectivity index (χ2n) is 2.56. The molecule has 0 aromatic carbocycles. The maximum absolute atomic E-state index is 8.58. The highest BCUT2D eigenvalue weighted by molar-refractivity contribution is 4.65. The molecule has 0 saturated heterocycles. The standard InChI is InChI=1S/C7H13N2O2.NO3/c10-5-3-8-1-2-9(7-8)4-6-11;2-1(3)4/h1-2,7,10-11H,3-6H2;/q+1;-1. The van der Waals surface area contributed by atoms with Crippen molar-refractivity contribution >= 4 is 0 Å². The predicted molar refractivity (Wildman–Crippen MR) is 49.2 cm³/mol. The SMILES string of the molecule is O=[N+]([O-])[O-].OCCn1cc[n+](CCO)c1. The first kappa shape index (κ1) is 13.3. The Morgan fingerprint density at radius 1 is 1.33 bits per heavy atom. The molecule has 0 saturated carbocycles. The van der Waals surface area contributed by atoms with Gasteiger partial charge in [0.2, 0.25) is 6.33 Å². The number of aliphatic hydroxyl groups excluding tert-OH is 2. The molecule has 0 radical (unpaired) electrons. The van der Waals surface area contributed by atoms with Gasteiger partial charge in [-0.3, -0.25) is 0 Å². The smallest absolute Gasteiger partial charge is 0.243 e. The Morgan fingerprint density at radius 3 is 2.40 bits per heavy atom. The summed E-state index contributed by atoms with van der Waals surface area (Å²) < 4.78 is 3.74. The van der Waals surface area contributed by atoms with Crippen LogP contribution in [0.1, 0.15) is 0 Å². The van der Waals surface area contributed by atoms with E-state index in [4.69, 9.17) is 25.5 Å². The lowest BCUT2D eigenvalue weighted by atomic mass is 10.7. The minimum atomic E-state index is -1.75. The third-order valence-corrected chi connectivity index (χ3v) is 1.46. The second kappa shape index (κ2) is 7.71. The van der Waals surface area contributed by atoms with Crippen LogP contribution >= 0.6 is 0 Å². The summed E-state index contributed by atoms with van der Waals surface area (Å²) >= 11 is 0. The van der Waals surface area contributed by atoms with E-state index in [9.17, 15) is 0 Å². The Labute approximate surface area is 85.7 Å². The zero-order valence-electron chi connectivity index (χ0n) is 8.02. The molecule has 15 heavy (non-hydrogen) atoms. The van der Waals surface area contributed by atoms with Gasteiger partial charge in [0, 0.05) is 0 Å². The average Bonchev–Trinajstić information content (AvgIpc) is 2.53. The van der Waals surface area contributed by atoms with Gasteiger partial charge < -0.3 is 25.5 Å². The topological polar surface area (TPSA) is 115 Å². The zero-order valence-corrected chi connectivity index (χ0v) is 8.02. The van der Waals surface area contributed by atoms with Crippen molar-refractivity contribution in [1.82, 2.24) is 4.57 Å². The lowest BCUT2D eigenvalue weighted by Gasteiger charge is -1.89. The van der Waals surface area contributed by atoms with E-state index in [2.05, 4.69) is 0 Å². The van der Waals surface area contributed by atoms with E-state index in [1.807, 2.05) is 27.9 Å². The summed E-state index contributed by atoms with van der Waals surface area (Å²) in [6.07, 6.45) is 5.59. The molecule has 1 rings (SSSR count). The zero-order chi connectivity index (χ0) is 11.7. The van der Waals surface area contributed by atoms with E-state index in [-0.39, 0.29) is 13.2 Å². The molecule has 2 N–H and O–H groups in total. The summed E-state index contributed by atoms with van der Waals surface area (Å²) in [7, 11) is 0. The van der Waals surface area contributed by atoms with E-state index < -0.39 is 5.09 Å². The molecule has 0 aliphatic rings. The molecule has 0 aliphatic heterocycles. The lowest BCUT2D eigenvalue weighted by molar-refractivity contribution is -0.697. The number of rotatable bonds is 4. The van der Waals surface area contributed by atoms with Crippen molar-refractivity contribution in [3.63, 3.8) is 0 Å². The van der Waals surface area contributed by atoms with Gasteiger partial charge in [-0.25, -0.2) is 9.13 Å². The van der Waals surface area contributed by atoms with Gasteiger partial charge in [0.1, 0.15) is 25.5 Å². The number of aliphatic hydroxyl groups is 2. The summed E-state index contributed by atoms with van der Waals surface area (Å²) in [5.74, 6) is 0. The predicted octanol–water partition coefficient (Wildman–Crippen LogP) is -1.48. The summed E-state index contributed by atoms with van der Waals surface area (Å²) in [6.45, 7) is 1.51. The van der Waals surface area contributed by atoms with Crippen LogP contribution < -0.4 is 4.57 Å². The molecule has 8 nitrogen and oxygen atoms in total. The highest BCUT2D eigenvalue weighted by Crippen LogP contribution is 1.82. The summed E-state index contributed by atoms with van der Waals surface area (Å²) in [5.41, 5.74) is 0. The summed E-state index contributed by atoms with van der Waals surface area (Å²) in [5, 5.41) is 31.9. The van der Waals surface area contributed by atoms with Crippen molar-refractivity contribution in [1.29, 1.82) is 0 Å². The fraction of sp³-hybridized carbons (Fsp3) is 0.571. The molecule has 0 aliphatic carbocycles.